The number of ether oxygens (including phenoxy) is 1. The van der Waals surface area contributed by atoms with E-state index in [0.29, 0.717) is 53.6 Å². The summed E-state index contributed by atoms with van der Waals surface area (Å²) in [5.74, 6) is 2.28. The fourth-order valence-electron chi connectivity index (χ4n) is 8.47. The van der Waals surface area contributed by atoms with Crippen LogP contribution in [0.5, 0.6) is 11.6 Å². The molecule has 4 aliphatic heterocycles. The number of fused-ring (bicyclic) bond motifs is 5. The molecule has 4 fully saturated rings. The summed E-state index contributed by atoms with van der Waals surface area (Å²) in [7, 11) is 0. The van der Waals surface area contributed by atoms with Crippen LogP contribution in [0.2, 0.25) is 0 Å². The third-order valence-corrected chi connectivity index (χ3v) is 10.4. The van der Waals surface area contributed by atoms with Crippen molar-refractivity contribution in [3.05, 3.63) is 59.7 Å². The van der Waals surface area contributed by atoms with E-state index in [9.17, 15) is 9.50 Å². The topological polar surface area (TPSA) is 60.9 Å². The first-order valence-corrected chi connectivity index (χ1v) is 15.9. The number of terminal acetylenes is 1. The first-order valence-electron chi connectivity index (χ1n) is 15.9. The zero-order valence-electron chi connectivity index (χ0n) is 25.2. The highest BCUT2D eigenvalue weighted by Gasteiger charge is 2.50. The highest BCUT2D eigenvalue weighted by Crippen LogP contribution is 2.48. The predicted octanol–water partition coefficient (Wildman–Crippen LogP) is 6.66. The number of phenolic OH excluding ortho intramolecular Hbond substituents is 1. The minimum absolute atomic E-state index is 0.0428. The van der Waals surface area contributed by atoms with Crippen LogP contribution < -0.4 is 15.0 Å². The van der Waals surface area contributed by atoms with Gasteiger partial charge in [0.05, 0.1) is 16.7 Å². The lowest BCUT2D eigenvalue weighted by Gasteiger charge is -2.37. The number of phenols is 1. The van der Waals surface area contributed by atoms with Crippen molar-refractivity contribution < 1.29 is 27.4 Å². The number of piperazine rings is 1. The van der Waals surface area contributed by atoms with Gasteiger partial charge in [-0.1, -0.05) is 30.2 Å². The molecule has 4 aliphatic rings. The second-order valence-electron chi connectivity index (χ2n) is 13.3. The molecule has 3 aromatic carbocycles. The van der Waals surface area contributed by atoms with E-state index in [0.717, 1.165) is 30.0 Å². The number of benzene rings is 3. The SMILES string of the molecule is C#Cc1cccc2cc(O)cc(-c3ccc4c(N5C[C@H]6CC[C@@H](C5)N6)c(C(F)(F)F)c(OC[C@@]56CCCN5C[C@H](F)C6)nc4c3)c12. The maximum atomic E-state index is 15.2. The molecule has 0 radical (unpaired) electrons. The molecule has 0 unspecified atom stereocenters. The molecule has 0 amide bonds. The lowest BCUT2D eigenvalue weighted by molar-refractivity contribution is -0.139. The second-order valence-corrected chi connectivity index (χ2v) is 13.3. The second kappa shape index (κ2) is 10.7. The van der Waals surface area contributed by atoms with Gasteiger partial charge < -0.3 is 20.1 Å². The molecule has 4 saturated heterocycles. The maximum Gasteiger partial charge on any atom is 0.423 e. The van der Waals surface area contributed by atoms with Crippen LogP contribution in [0.4, 0.5) is 23.2 Å². The normalized spacial score (nSPS) is 26.2. The van der Waals surface area contributed by atoms with Gasteiger partial charge in [0.15, 0.2) is 0 Å². The Morgan fingerprint density at radius 1 is 1.09 bits per heavy atom. The number of alkyl halides is 4. The Bertz CT molecular complexity index is 1890. The number of anilines is 1. The molecular weight excluding hydrogens is 596 g/mol. The van der Waals surface area contributed by atoms with Crippen LogP contribution in [-0.4, -0.2) is 71.6 Å². The van der Waals surface area contributed by atoms with Gasteiger partial charge in [0.1, 0.15) is 24.1 Å². The maximum absolute atomic E-state index is 15.2. The summed E-state index contributed by atoms with van der Waals surface area (Å²) in [6.07, 6.45) is 3.63. The Kier molecular flexibility index (Phi) is 6.85. The van der Waals surface area contributed by atoms with E-state index in [1.807, 2.05) is 28.0 Å². The molecule has 1 aromatic heterocycles. The van der Waals surface area contributed by atoms with Crippen LogP contribution in [0.15, 0.2) is 48.5 Å². The highest BCUT2D eigenvalue weighted by atomic mass is 19.4. The lowest BCUT2D eigenvalue weighted by Crippen LogP contribution is -2.51. The lowest BCUT2D eigenvalue weighted by atomic mass is 9.93. The summed E-state index contributed by atoms with van der Waals surface area (Å²) < 4.78 is 66.3. The summed E-state index contributed by atoms with van der Waals surface area (Å²) >= 11 is 0. The van der Waals surface area contributed by atoms with E-state index in [2.05, 4.69) is 16.2 Å². The van der Waals surface area contributed by atoms with Crippen molar-refractivity contribution in [1.82, 2.24) is 15.2 Å². The van der Waals surface area contributed by atoms with Gasteiger partial charge >= 0.3 is 6.18 Å². The molecule has 0 saturated carbocycles. The summed E-state index contributed by atoms with van der Waals surface area (Å²) in [5, 5.41) is 16.0. The van der Waals surface area contributed by atoms with Crippen molar-refractivity contribution in [2.24, 2.45) is 0 Å². The third kappa shape index (κ3) is 4.83. The smallest absolute Gasteiger partial charge is 0.423 e. The van der Waals surface area contributed by atoms with Gasteiger partial charge in [-0.3, -0.25) is 4.90 Å². The Hall–Kier alpha value is -4.07. The molecule has 46 heavy (non-hydrogen) atoms. The summed E-state index contributed by atoms with van der Waals surface area (Å²) in [5.41, 5.74) is 0.819. The standard InChI is InChI=1S/C36H34F4N4O2/c1-2-21-5-3-6-23-13-27(45)15-29(31(21)23)22-7-10-28-30(14-22)42-34(46-20-35-11-4-12-44(35)17-24(37)16-35)32(36(38,39)40)33(28)43-18-25-8-9-26(19-43)41-25/h1,3,5-7,10,13-15,24-26,41,45H,4,8-9,11-12,16-20H2/t24-,25-,26+,35+/m1/s1. The van der Waals surface area contributed by atoms with E-state index >= 15 is 13.2 Å². The average molecular weight is 631 g/mol. The van der Waals surface area contributed by atoms with Crippen molar-refractivity contribution in [3.63, 3.8) is 0 Å². The van der Waals surface area contributed by atoms with E-state index in [-0.39, 0.29) is 43.1 Å². The van der Waals surface area contributed by atoms with Crippen molar-refractivity contribution in [2.45, 2.75) is 62.1 Å². The number of rotatable bonds is 5. The van der Waals surface area contributed by atoms with Gasteiger partial charge in [-0.2, -0.15) is 13.2 Å². The van der Waals surface area contributed by atoms with Crippen LogP contribution in [-0.2, 0) is 6.18 Å². The van der Waals surface area contributed by atoms with Gasteiger partial charge in [0.25, 0.3) is 0 Å². The van der Waals surface area contributed by atoms with Gasteiger partial charge in [-0.15, -0.1) is 6.42 Å². The van der Waals surface area contributed by atoms with Crippen molar-refractivity contribution in [3.8, 4) is 35.1 Å². The number of nitrogens with one attached hydrogen (secondary N) is 1. The Morgan fingerprint density at radius 3 is 2.65 bits per heavy atom. The quantitative estimate of drug-likeness (QED) is 0.190. The van der Waals surface area contributed by atoms with Crippen molar-refractivity contribution in [1.29, 1.82) is 0 Å². The number of hydrogen-bond donors (Lipinski definition) is 2. The molecule has 0 aliphatic carbocycles. The Morgan fingerprint density at radius 2 is 1.89 bits per heavy atom. The number of halogens is 4. The summed E-state index contributed by atoms with van der Waals surface area (Å²) in [6.45, 7) is 1.78. The average Bonchev–Trinajstić information content (AvgIpc) is 3.67. The van der Waals surface area contributed by atoms with Crippen molar-refractivity contribution in [2.75, 3.05) is 37.7 Å². The molecule has 8 rings (SSSR count). The van der Waals surface area contributed by atoms with E-state index in [1.54, 1.807) is 30.3 Å². The molecule has 4 atom stereocenters. The molecule has 5 heterocycles. The molecular formula is C36H34F4N4O2. The molecule has 238 valence electrons. The van der Waals surface area contributed by atoms with E-state index < -0.39 is 29.3 Å². The third-order valence-electron chi connectivity index (χ3n) is 10.4. The van der Waals surface area contributed by atoms with Gasteiger partial charge in [0.2, 0.25) is 5.88 Å². The number of aromatic hydroxyl groups is 1. The minimum atomic E-state index is -4.75. The zero-order valence-corrected chi connectivity index (χ0v) is 25.2. The van der Waals surface area contributed by atoms with Crippen LogP contribution in [0.1, 0.15) is 43.2 Å². The summed E-state index contributed by atoms with van der Waals surface area (Å²) in [4.78, 5) is 8.44. The van der Waals surface area contributed by atoms with E-state index in [4.69, 9.17) is 11.2 Å². The Labute approximate surface area is 264 Å². The molecule has 2 N–H and O–H groups in total. The fraction of sp³-hybridized carbons (Fsp3) is 0.417. The van der Waals surface area contributed by atoms with Gasteiger partial charge in [0, 0.05) is 54.5 Å². The Balaban J connectivity index is 1.32. The summed E-state index contributed by atoms with van der Waals surface area (Å²) in [6, 6.07) is 14.1. The van der Waals surface area contributed by atoms with Crippen LogP contribution in [0.25, 0.3) is 32.8 Å². The van der Waals surface area contributed by atoms with Crippen LogP contribution in [0, 0.1) is 12.3 Å². The first-order chi connectivity index (χ1) is 22.1. The van der Waals surface area contributed by atoms with Crippen LogP contribution >= 0.6 is 0 Å². The molecule has 2 bridgehead atoms. The molecule has 10 heteroatoms. The van der Waals surface area contributed by atoms with Gasteiger partial charge in [-0.05, 0) is 73.0 Å². The molecule has 4 aromatic rings. The monoisotopic (exact) mass is 630 g/mol. The number of aromatic nitrogens is 1. The number of pyridine rings is 1. The molecule has 6 nitrogen and oxygen atoms in total. The number of hydrogen-bond acceptors (Lipinski definition) is 6. The fourth-order valence-corrected chi connectivity index (χ4v) is 8.47. The largest absolute Gasteiger partial charge is 0.508 e. The minimum Gasteiger partial charge on any atom is -0.508 e. The van der Waals surface area contributed by atoms with Gasteiger partial charge in [-0.25, -0.2) is 9.37 Å². The number of nitrogens with zero attached hydrogens (tertiary/aromatic N) is 3. The predicted molar refractivity (Wildman–Crippen MR) is 170 cm³/mol. The highest BCUT2D eigenvalue weighted by molar-refractivity contribution is 6.04. The van der Waals surface area contributed by atoms with Crippen molar-refractivity contribution >= 4 is 27.4 Å². The first kappa shape index (κ1) is 29.3. The molecule has 0 spiro atoms. The van der Waals surface area contributed by atoms with Crippen LogP contribution in [0.3, 0.4) is 0 Å². The zero-order chi connectivity index (χ0) is 31.8. The van der Waals surface area contributed by atoms with E-state index in [1.165, 1.54) is 0 Å².